The Bertz CT molecular complexity index is 602. The van der Waals surface area contributed by atoms with Gasteiger partial charge in [0.1, 0.15) is 0 Å². The Hall–Kier alpha value is -2.21. The first-order chi connectivity index (χ1) is 9.65. The molecule has 0 atom stereocenters. The van der Waals surface area contributed by atoms with Crippen molar-refractivity contribution in [3.63, 3.8) is 0 Å². The normalized spacial score (nSPS) is 10.4. The standard InChI is InChI=1S/C14H16F2N4/c1-2-9-5-3-4-6-10(9)8-18-13-11(15)7-12(16)14(19-13)20-17/h3-7H,2,8,17H2,1H3,(H2,18,19,20). The maximum absolute atomic E-state index is 13.6. The third-order valence-electron chi connectivity index (χ3n) is 3.01. The van der Waals surface area contributed by atoms with Crippen LogP contribution < -0.4 is 16.6 Å². The summed E-state index contributed by atoms with van der Waals surface area (Å²) in [6.45, 7) is 2.45. The molecule has 0 aliphatic carbocycles. The van der Waals surface area contributed by atoms with Gasteiger partial charge >= 0.3 is 0 Å². The highest BCUT2D eigenvalue weighted by atomic mass is 19.1. The van der Waals surface area contributed by atoms with E-state index in [0.29, 0.717) is 6.54 Å². The number of aromatic nitrogens is 1. The molecule has 2 rings (SSSR count). The van der Waals surface area contributed by atoms with E-state index in [0.717, 1.165) is 18.1 Å². The van der Waals surface area contributed by atoms with Gasteiger partial charge in [0, 0.05) is 12.6 Å². The topological polar surface area (TPSA) is 63.0 Å². The number of nitrogens with zero attached hydrogens (tertiary/aromatic N) is 1. The van der Waals surface area contributed by atoms with Crippen molar-refractivity contribution in [3.8, 4) is 0 Å². The van der Waals surface area contributed by atoms with Gasteiger partial charge in [-0.15, -0.1) is 0 Å². The Morgan fingerprint density at radius 2 is 1.75 bits per heavy atom. The molecule has 0 radical (unpaired) electrons. The number of hydrogen-bond donors (Lipinski definition) is 3. The predicted octanol–water partition coefficient (Wildman–Crippen LogP) is 2.82. The minimum atomic E-state index is -0.829. The third-order valence-corrected chi connectivity index (χ3v) is 3.01. The van der Waals surface area contributed by atoms with Gasteiger partial charge in [-0.2, -0.15) is 0 Å². The second-order valence-corrected chi connectivity index (χ2v) is 4.27. The fourth-order valence-corrected chi connectivity index (χ4v) is 1.95. The number of benzene rings is 1. The zero-order valence-electron chi connectivity index (χ0n) is 11.1. The lowest BCUT2D eigenvalue weighted by atomic mass is 10.1. The first-order valence-corrected chi connectivity index (χ1v) is 6.29. The van der Waals surface area contributed by atoms with Crippen molar-refractivity contribution < 1.29 is 8.78 Å². The lowest BCUT2D eigenvalue weighted by molar-refractivity contribution is 0.578. The summed E-state index contributed by atoms with van der Waals surface area (Å²) in [4.78, 5) is 3.76. The molecular formula is C14H16F2N4. The van der Waals surface area contributed by atoms with E-state index in [9.17, 15) is 8.78 Å². The van der Waals surface area contributed by atoms with Crippen LogP contribution in [0.25, 0.3) is 0 Å². The van der Waals surface area contributed by atoms with E-state index in [2.05, 4.69) is 15.7 Å². The summed E-state index contributed by atoms with van der Waals surface area (Å²) < 4.78 is 26.9. The molecule has 0 aliphatic heterocycles. The lowest BCUT2D eigenvalue weighted by Gasteiger charge is -2.11. The molecule has 1 heterocycles. The number of hydrazine groups is 1. The molecule has 6 heteroatoms. The zero-order valence-corrected chi connectivity index (χ0v) is 11.1. The Kier molecular flexibility index (Phi) is 4.47. The van der Waals surface area contributed by atoms with Crippen LogP contribution in [-0.4, -0.2) is 4.98 Å². The van der Waals surface area contributed by atoms with Crippen LogP contribution in [0.3, 0.4) is 0 Å². The summed E-state index contributed by atoms with van der Waals surface area (Å²) in [6, 6.07) is 8.58. The molecule has 0 saturated heterocycles. The van der Waals surface area contributed by atoms with Crippen molar-refractivity contribution in [1.29, 1.82) is 0 Å². The molecule has 20 heavy (non-hydrogen) atoms. The number of anilines is 2. The number of nitrogens with one attached hydrogen (secondary N) is 2. The number of aryl methyl sites for hydroxylation is 1. The maximum Gasteiger partial charge on any atom is 0.178 e. The SMILES string of the molecule is CCc1ccccc1CNc1nc(NN)c(F)cc1F. The highest BCUT2D eigenvalue weighted by Gasteiger charge is 2.11. The van der Waals surface area contributed by atoms with E-state index >= 15 is 0 Å². The van der Waals surface area contributed by atoms with Crippen LogP contribution in [0.15, 0.2) is 30.3 Å². The Labute approximate surface area is 116 Å². The van der Waals surface area contributed by atoms with E-state index < -0.39 is 11.6 Å². The molecule has 0 unspecified atom stereocenters. The van der Waals surface area contributed by atoms with Crippen LogP contribution in [0.1, 0.15) is 18.1 Å². The molecule has 0 spiro atoms. The van der Waals surface area contributed by atoms with Crippen molar-refractivity contribution in [2.24, 2.45) is 5.84 Å². The van der Waals surface area contributed by atoms with Gasteiger partial charge in [-0.05, 0) is 17.5 Å². The summed E-state index contributed by atoms with van der Waals surface area (Å²) in [6.07, 6.45) is 0.882. The minimum Gasteiger partial charge on any atom is -0.363 e. The monoisotopic (exact) mass is 278 g/mol. The van der Waals surface area contributed by atoms with Crippen LogP contribution in [0.2, 0.25) is 0 Å². The van der Waals surface area contributed by atoms with Crippen LogP contribution in [0.4, 0.5) is 20.4 Å². The quantitative estimate of drug-likeness (QED) is 0.581. The molecule has 1 aromatic heterocycles. The summed E-state index contributed by atoms with van der Waals surface area (Å²) >= 11 is 0. The number of pyridine rings is 1. The predicted molar refractivity (Wildman–Crippen MR) is 75.1 cm³/mol. The van der Waals surface area contributed by atoms with Gasteiger partial charge in [-0.1, -0.05) is 31.2 Å². The molecule has 0 amide bonds. The fraction of sp³-hybridized carbons (Fsp3) is 0.214. The molecule has 0 saturated carbocycles. The fourth-order valence-electron chi connectivity index (χ4n) is 1.95. The number of hydrogen-bond acceptors (Lipinski definition) is 4. The minimum absolute atomic E-state index is 0.0368. The lowest BCUT2D eigenvalue weighted by Crippen LogP contribution is -2.13. The summed E-state index contributed by atoms with van der Waals surface area (Å²) in [7, 11) is 0. The van der Waals surface area contributed by atoms with E-state index in [-0.39, 0.29) is 11.6 Å². The van der Waals surface area contributed by atoms with Crippen molar-refractivity contribution in [3.05, 3.63) is 53.1 Å². The van der Waals surface area contributed by atoms with Crippen LogP contribution in [0.5, 0.6) is 0 Å². The smallest absolute Gasteiger partial charge is 0.178 e. The third kappa shape index (κ3) is 3.03. The number of nitrogen functional groups attached to an aromatic ring is 1. The van der Waals surface area contributed by atoms with E-state index in [1.165, 1.54) is 5.56 Å². The molecule has 106 valence electrons. The van der Waals surface area contributed by atoms with Crippen molar-refractivity contribution in [2.75, 3.05) is 10.7 Å². The molecule has 1 aromatic carbocycles. The van der Waals surface area contributed by atoms with Gasteiger partial charge in [-0.25, -0.2) is 19.6 Å². The van der Waals surface area contributed by atoms with Gasteiger partial charge in [-0.3, -0.25) is 0 Å². The second kappa shape index (κ2) is 6.29. The maximum atomic E-state index is 13.6. The largest absolute Gasteiger partial charge is 0.363 e. The van der Waals surface area contributed by atoms with E-state index in [1.807, 2.05) is 31.2 Å². The summed E-state index contributed by atoms with van der Waals surface area (Å²) in [5, 5.41) is 2.86. The molecular weight excluding hydrogens is 262 g/mol. The number of halogens is 2. The summed E-state index contributed by atoms with van der Waals surface area (Å²) in [5.74, 6) is 3.30. The average Bonchev–Trinajstić information content (AvgIpc) is 2.46. The number of nitrogens with two attached hydrogens (primary N) is 1. The average molecular weight is 278 g/mol. The molecule has 4 N–H and O–H groups in total. The van der Waals surface area contributed by atoms with Gasteiger partial charge in [0.25, 0.3) is 0 Å². The van der Waals surface area contributed by atoms with Gasteiger partial charge in [0.15, 0.2) is 23.3 Å². The Morgan fingerprint density at radius 3 is 2.40 bits per heavy atom. The first kappa shape index (κ1) is 14.2. The van der Waals surface area contributed by atoms with Gasteiger partial charge in [0.2, 0.25) is 0 Å². The highest BCUT2D eigenvalue weighted by molar-refractivity contribution is 5.47. The number of rotatable bonds is 5. The van der Waals surface area contributed by atoms with Crippen molar-refractivity contribution in [2.45, 2.75) is 19.9 Å². The van der Waals surface area contributed by atoms with Gasteiger partial charge in [0.05, 0.1) is 0 Å². The van der Waals surface area contributed by atoms with E-state index in [4.69, 9.17) is 5.84 Å². The summed E-state index contributed by atoms with van der Waals surface area (Å²) in [5.41, 5.74) is 4.30. The van der Waals surface area contributed by atoms with Crippen molar-refractivity contribution >= 4 is 11.6 Å². The highest BCUT2D eigenvalue weighted by Crippen LogP contribution is 2.19. The molecule has 0 fully saturated rings. The molecule has 0 bridgehead atoms. The zero-order chi connectivity index (χ0) is 14.5. The Balaban J connectivity index is 2.18. The van der Waals surface area contributed by atoms with Crippen LogP contribution >= 0.6 is 0 Å². The molecule has 2 aromatic rings. The van der Waals surface area contributed by atoms with Gasteiger partial charge < -0.3 is 10.7 Å². The second-order valence-electron chi connectivity index (χ2n) is 4.27. The van der Waals surface area contributed by atoms with Crippen molar-refractivity contribution in [1.82, 2.24) is 4.98 Å². The molecule has 4 nitrogen and oxygen atoms in total. The van der Waals surface area contributed by atoms with Crippen LogP contribution in [0, 0.1) is 11.6 Å². The Morgan fingerprint density at radius 1 is 1.10 bits per heavy atom. The van der Waals surface area contributed by atoms with Crippen LogP contribution in [-0.2, 0) is 13.0 Å². The molecule has 0 aliphatic rings. The first-order valence-electron chi connectivity index (χ1n) is 6.29. The van der Waals surface area contributed by atoms with E-state index in [1.54, 1.807) is 0 Å².